The number of unbranched alkanes of at least 4 members (excludes halogenated alkanes) is 1. The first kappa shape index (κ1) is 16.2. The first-order chi connectivity index (χ1) is 11.5. The summed E-state index contributed by atoms with van der Waals surface area (Å²) in [7, 11) is 0. The zero-order valence-electron chi connectivity index (χ0n) is 14.2. The fraction of sp³-hybridized carbons (Fsp3) is 0.389. The highest BCUT2D eigenvalue weighted by Crippen LogP contribution is 2.29. The summed E-state index contributed by atoms with van der Waals surface area (Å²) in [5.41, 5.74) is 9.25. The van der Waals surface area contributed by atoms with E-state index in [1.54, 1.807) is 0 Å². The van der Waals surface area contributed by atoms with Gasteiger partial charge in [0.15, 0.2) is 5.65 Å². The lowest BCUT2D eigenvalue weighted by Crippen LogP contribution is -2.14. The first-order valence-corrected chi connectivity index (χ1v) is 8.28. The van der Waals surface area contributed by atoms with Crippen molar-refractivity contribution in [2.75, 3.05) is 5.73 Å². The number of fused-ring (bicyclic) bond motifs is 2. The average Bonchev–Trinajstić information content (AvgIpc) is 2.81. The molecule has 3 rings (SSSR count). The largest absolute Gasteiger partial charge is 0.459 e. The van der Waals surface area contributed by atoms with Crippen LogP contribution in [0.15, 0.2) is 24.3 Å². The van der Waals surface area contributed by atoms with Gasteiger partial charge in [-0.05, 0) is 32.4 Å². The molecule has 6 nitrogen and oxygen atoms in total. The lowest BCUT2D eigenvalue weighted by molar-refractivity contribution is 0.0381. The van der Waals surface area contributed by atoms with E-state index in [1.807, 2.05) is 42.7 Å². The number of carbonyl (C=O) groups is 1. The number of aryl methyl sites for hydroxylation is 1. The van der Waals surface area contributed by atoms with E-state index in [4.69, 9.17) is 10.5 Å². The number of hydrogen-bond donors (Lipinski definition) is 1. The van der Waals surface area contributed by atoms with Crippen molar-refractivity contribution >= 4 is 34.0 Å². The summed E-state index contributed by atoms with van der Waals surface area (Å²) in [6, 6.07) is 7.59. The average molecular weight is 326 g/mol. The summed E-state index contributed by atoms with van der Waals surface area (Å²) in [6.07, 6.45) is 1.74. The van der Waals surface area contributed by atoms with Crippen LogP contribution in [0.25, 0.3) is 22.2 Å². The Morgan fingerprint density at radius 3 is 2.54 bits per heavy atom. The van der Waals surface area contributed by atoms with Gasteiger partial charge in [0.2, 0.25) is 0 Å². The number of para-hydroxylation sites is 2. The molecule has 0 atom stereocenters. The first-order valence-electron chi connectivity index (χ1n) is 8.28. The smallest absolute Gasteiger partial charge is 0.344 e. The van der Waals surface area contributed by atoms with Crippen LogP contribution in [-0.2, 0) is 11.3 Å². The number of carbonyl (C=O) groups excluding carboxylic acids is 1. The minimum absolute atomic E-state index is 0.223. The van der Waals surface area contributed by atoms with Crippen molar-refractivity contribution < 1.29 is 9.53 Å². The molecule has 0 fully saturated rings. The number of rotatable bonds is 5. The van der Waals surface area contributed by atoms with Crippen molar-refractivity contribution in [3.05, 3.63) is 29.8 Å². The van der Waals surface area contributed by atoms with E-state index >= 15 is 0 Å². The molecule has 0 amide bonds. The van der Waals surface area contributed by atoms with Crippen LogP contribution in [0, 0.1) is 0 Å². The van der Waals surface area contributed by atoms with Gasteiger partial charge in [-0.1, -0.05) is 25.5 Å². The number of hydrogen-bond acceptors (Lipinski definition) is 5. The molecule has 126 valence electrons. The highest BCUT2D eigenvalue weighted by molar-refractivity contribution is 6.08. The van der Waals surface area contributed by atoms with Gasteiger partial charge >= 0.3 is 5.97 Å². The second-order valence-electron chi connectivity index (χ2n) is 6.10. The molecule has 0 radical (unpaired) electrons. The molecule has 3 aromatic rings. The van der Waals surface area contributed by atoms with Gasteiger partial charge in [-0.2, -0.15) is 0 Å². The zero-order chi connectivity index (χ0) is 17.3. The van der Waals surface area contributed by atoms with Gasteiger partial charge in [-0.15, -0.1) is 0 Å². The van der Waals surface area contributed by atoms with Gasteiger partial charge in [-0.25, -0.2) is 14.8 Å². The number of esters is 1. The van der Waals surface area contributed by atoms with E-state index in [0.29, 0.717) is 29.1 Å². The Hall–Kier alpha value is -2.63. The molecule has 1 aromatic carbocycles. The van der Waals surface area contributed by atoms with Crippen LogP contribution in [0.1, 0.15) is 44.0 Å². The second kappa shape index (κ2) is 6.47. The molecule has 0 aliphatic carbocycles. The third-order valence-electron chi connectivity index (χ3n) is 3.87. The third-order valence-corrected chi connectivity index (χ3v) is 3.87. The number of nitrogen functional groups attached to an aromatic ring is 1. The van der Waals surface area contributed by atoms with Crippen LogP contribution < -0.4 is 5.73 Å². The molecule has 0 unspecified atom stereocenters. The van der Waals surface area contributed by atoms with Crippen molar-refractivity contribution in [3.63, 3.8) is 0 Å². The Kier molecular flexibility index (Phi) is 4.38. The number of benzene rings is 1. The quantitative estimate of drug-likeness (QED) is 0.725. The van der Waals surface area contributed by atoms with Crippen molar-refractivity contribution in [2.45, 2.75) is 46.3 Å². The minimum atomic E-state index is -0.452. The van der Waals surface area contributed by atoms with Crippen molar-refractivity contribution in [1.29, 1.82) is 0 Å². The van der Waals surface area contributed by atoms with Gasteiger partial charge in [-0.3, -0.25) is 0 Å². The summed E-state index contributed by atoms with van der Waals surface area (Å²) in [5, 5.41) is 0. The van der Waals surface area contributed by atoms with E-state index in [2.05, 4.69) is 16.9 Å². The summed E-state index contributed by atoms with van der Waals surface area (Å²) in [6.45, 7) is 6.43. The summed E-state index contributed by atoms with van der Waals surface area (Å²) in [4.78, 5) is 21.8. The van der Waals surface area contributed by atoms with Gasteiger partial charge in [0.25, 0.3) is 0 Å². The Morgan fingerprint density at radius 2 is 1.92 bits per heavy atom. The highest BCUT2D eigenvalue weighted by atomic mass is 16.5. The topological polar surface area (TPSA) is 83.0 Å². The maximum Gasteiger partial charge on any atom is 0.344 e. The molecule has 6 heteroatoms. The maximum absolute atomic E-state index is 12.5. The van der Waals surface area contributed by atoms with Crippen molar-refractivity contribution in [2.24, 2.45) is 0 Å². The summed E-state index contributed by atoms with van der Waals surface area (Å²) < 4.78 is 7.23. The molecule has 2 aromatic heterocycles. The normalized spacial score (nSPS) is 11.5. The number of nitrogens with zero attached hydrogens (tertiary/aromatic N) is 3. The SMILES string of the molecule is CCCCn1c(N)c(C(=O)OC(C)C)c2nc3ccccc3nc21. The molecule has 2 heterocycles. The predicted molar refractivity (Wildman–Crippen MR) is 94.9 cm³/mol. The fourth-order valence-electron chi connectivity index (χ4n) is 2.73. The molecular weight excluding hydrogens is 304 g/mol. The fourth-order valence-corrected chi connectivity index (χ4v) is 2.73. The summed E-state index contributed by atoms with van der Waals surface area (Å²) >= 11 is 0. The molecule has 24 heavy (non-hydrogen) atoms. The van der Waals surface area contributed by atoms with Crippen molar-refractivity contribution in [3.8, 4) is 0 Å². The van der Waals surface area contributed by atoms with Crippen LogP contribution in [-0.4, -0.2) is 26.6 Å². The van der Waals surface area contributed by atoms with Gasteiger partial charge < -0.3 is 15.0 Å². The number of nitrogens with two attached hydrogens (primary N) is 1. The van der Waals surface area contributed by atoms with E-state index in [0.717, 1.165) is 23.9 Å². The molecule has 0 saturated heterocycles. The zero-order valence-corrected chi connectivity index (χ0v) is 14.2. The lowest BCUT2D eigenvalue weighted by atomic mass is 10.2. The van der Waals surface area contributed by atoms with Crippen LogP contribution in [0.5, 0.6) is 0 Å². The van der Waals surface area contributed by atoms with Crippen LogP contribution in [0.2, 0.25) is 0 Å². The third kappa shape index (κ3) is 2.79. The molecule has 0 aliphatic heterocycles. The van der Waals surface area contributed by atoms with Crippen LogP contribution >= 0.6 is 0 Å². The predicted octanol–water partition coefficient (Wildman–Crippen LogP) is 3.53. The molecule has 0 aliphatic rings. The Morgan fingerprint density at radius 1 is 1.25 bits per heavy atom. The molecule has 0 saturated carbocycles. The number of anilines is 1. The minimum Gasteiger partial charge on any atom is -0.459 e. The molecular formula is C18H22N4O2. The lowest BCUT2D eigenvalue weighted by Gasteiger charge is -2.08. The second-order valence-corrected chi connectivity index (χ2v) is 6.10. The Bertz CT molecular complexity index is 899. The number of ether oxygens (including phenoxy) is 1. The summed E-state index contributed by atoms with van der Waals surface area (Å²) in [5.74, 6) is -0.0771. The van der Waals surface area contributed by atoms with Gasteiger partial charge in [0.1, 0.15) is 16.9 Å². The Labute approximate surface area is 140 Å². The monoisotopic (exact) mass is 326 g/mol. The van der Waals surface area contributed by atoms with Crippen LogP contribution in [0.3, 0.4) is 0 Å². The highest BCUT2D eigenvalue weighted by Gasteiger charge is 2.25. The van der Waals surface area contributed by atoms with E-state index in [-0.39, 0.29) is 6.10 Å². The Balaban J connectivity index is 2.26. The van der Waals surface area contributed by atoms with Crippen molar-refractivity contribution in [1.82, 2.24) is 14.5 Å². The maximum atomic E-state index is 12.5. The van der Waals surface area contributed by atoms with E-state index in [9.17, 15) is 4.79 Å². The van der Waals surface area contributed by atoms with Crippen LogP contribution in [0.4, 0.5) is 5.82 Å². The standard InChI is InChI=1S/C18H22N4O2/c1-4-5-10-22-16(19)14(18(23)24-11(2)3)15-17(22)21-13-9-7-6-8-12(13)20-15/h6-9,11H,4-5,10,19H2,1-3H3. The van der Waals surface area contributed by atoms with E-state index in [1.165, 1.54) is 0 Å². The molecule has 2 N–H and O–H groups in total. The molecule has 0 spiro atoms. The van der Waals surface area contributed by atoms with Gasteiger partial charge in [0.05, 0.1) is 17.1 Å². The molecule has 0 bridgehead atoms. The van der Waals surface area contributed by atoms with Gasteiger partial charge in [0, 0.05) is 6.54 Å². The van der Waals surface area contributed by atoms with E-state index < -0.39 is 5.97 Å². The number of aromatic nitrogens is 3.